The molecule has 0 heterocycles. The molecule has 0 atom stereocenters. The Hall–Kier alpha value is -0.820. The predicted octanol–water partition coefficient (Wildman–Crippen LogP) is 2.86. The highest BCUT2D eigenvalue weighted by Gasteiger charge is 2.12. The van der Waals surface area contributed by atoms with Crippen LogP contribution in [-0.2, 0) is 9.47 Å². The molecule has 4 nitrogen and oxygen atoms in total. The van der Waals surface area contributed by atoms with E-state index in [-0.39, 0.29) is 0 Å². The van der Waals surface area contributed by atoms with Crippen LogP contribution in [0.2, 0.25) is 0 Å². The lowest BCUT2D eigenvalue weighted by Crippen LogP contribution is -2.14. The number of ether oxygens (including phenoxy) is 3. The fraction of sp³-hybridized carbons (Fsp3) is 0.533. The number of nitrogens with two attached hydrogens (primary N) is 1. The number of hydrogen-bond acceptors (Lipinski definition) is 5. The summed E-state index contributed by atoms with van der Waals surface area (Å²) in [6.07, 6.45) is 0.811. The van der Waals surface area contributed by atoms with E-state index in [4.69, 9.17) is 32.2 Å². The summed E-state index contributed by atoms with van der Waals surface area (Å²) in [4.78, 5) is 1.44. The van der Waals surface area contributed by atoms with Gasteiger partial charge < -0.3 is 19.9 Å². The lowest BCUT2D eigenvalue weighted by Gasteiger charge is -2.14. The third kappa shape index (κ3) is 6.65. The first kappa shape index (κ1) is 18.2. The average molecular weight is 329 g/mol. The minimum atomic E-state index is 0.373. The van der Waals surface area contributed by atoms with Crippen molar-refractivity contribution in [2.45, 2.75) is 18.2 Å². The van der Waals surface area contributed by atoms with Crippen LogP contribution in [0.15, 0.2) is 23.1 Å². The van der Waals surface area contributed by atoms with Gasteiger partial charge in [-0.05, 0) is 17.9 Å². The van der Waals surface area contributed by atoms with Gasteiger partial charge in [0.25, 0.3) is 0 Å². The first-order valence-electron chi connectivity index (χ1n) is 6.95. The summed E-state index contributed by atoms with van der Waals surface area (Å²) < 4.78 is 16.1. The maximum absolute atomic E-state index is 5.83. The van der Waals surface area contributed by atoms with Gasteiger partial charge in [-0.2, -0.15) is 0 Å². The van der Waals surface area contributed by atoms with Crippen LogP contribution in [-0.4, -0.2) is 44.3 Å². The fourth-order valence-corrected chi connectivity index (χ4v) is 2.85. The molecule has 0 aliphatic rings. The van der Waals surface area contributed by atoms with Crippen molar-refractivity contribution < 1.29 is 14.2 Å². The molecule has 0 fully saturated rings. The van der Waals surface area contributed by atoms with Gasteiger partial charge >= 0.3 is 0 Å². The maximum Gasteiger partial charge on any atom is 0.130 e. The zero-order valence-corrected chi connectivity index (χ0v) is 14.2. The first-order valence-corrected chi connectivity index (χ1v) is 8.35. The molecule has 0 radical (unpaired) electrons. The smallest absolute Gasteiger partial charge is 0.130 e. The van der Waals surface area contributed by atoms with Crippen molar-refractivity contribution in [1.82, 2.24) is 0 Å². The summed E-state index contributed by atoms with van der Waals surface area (Å²) in [6, 6.07) is 5.88. The Labute approximate surface area is 136 Å². The third-order valence-corrected chi connectivity index (χ3v) is 3.80. The van der Waals surface area contributed by atoms with Crippen LogP contribution in [0.1, 0.15) is 18.9 Å². The van der Waals surface area contributed by atoms with E-state index in [0.717, 1.165) is 28.4 Å². The number of hydrogen-bond donors (Lipinski definition) is 1. The van der Waals surface area contributed by atoms with E-state index < -0.39 is 0 Å². The average Bonchev–Trinajstić information content (AvgIpc) is 2.46. The summed E-state index contributed by atoms with van der Waals surface area (Å²) >= 11 is 6.86. The van der Waals surface area contributed by atoms with Crippen molar-refractivity contribution in [2.24, 2.45) is 5.73 Å². The van der Waals surface area contributed by atoms with Gasteiger partial charge in [0, 0.05) is 25.0 Å². The van der Waals surface area contributed by atoms with E-state index in [0.29, 0.717) is 31.4 Å². The Morgan fingerprint density at radius 2 is 2.05 bits per heavy atom. The monoisotopic (exact) mass is 329 g/mol. The molecule has 2 N–H and O–H groups in total. The van der Waals surface area contributed by atoms with E-state index in [1.165, 1.54) is 0 Å². The normalized spacial score (nSPS) is 10.6. The molecule has 0 aliphatic carbocycles. The molecule has 1 aromatic carbocycles. The van der Waals surface area contributed by atoms with E-state index in [2.05, 4.69) is 6.92 Å². The summed E-state index contributed by atoms with van der Waals surface area (Å²) in [5.41, 5.74) is 6.66. The van der Waals surface area contributed by atoms with Gasteiger partial charge in [-0.1, -0.05) is 25.2 Å². The van der Waals surface area contributed by atoms with Crippen molar-refractivity contribution >= 4 is 29.0 Å². The number of rotatable bonds is 11. The highest BCUT2D eigenvalue weighted by atomic mass is 32.2. The minimum absolute atomic E-state index is 0.373. The second kappa shape index (κ2) is 10.8. The summed E-state index contributed by atoms with van der Waals surface area (Å²) in [7, 11) is 1.66. The van der Waals surface area contributed by atoms with Crippen molar-refractivity contribution in [2.75, 3.05) is 39.3 Å². The Morgan fingerprint density at radius 1 is 1.24 bits per heavy atom. The Bertz CT molecular complexity index is 441. The Balaban J connectivity index is 2.50. The highest BCUT2D eigenvalue weighted by Crippen LogP contribution is 2.30. The lowest BCUT2D eigenvalue weighted by molar-refractivity contribution is 0.0644. The molecule has 0 amide bonds. The Morgan fingerprint density at radius 3 is 2.71 bits per heavy atom. The molecule has 0 bridgehead atoms. The van der Waals surface area contributed by atoms with E-state index >= 15 is 0 Å². The number of methoxy groups -OCH3 is 1. The van der Waals surface area contributed by atoms with Crippen molar-refractivity contribution in [1.29, 1.82) is 0 Å². The second-order valence-corrected chi connectivity index (χ2v) is 5.98. The van der Waals surface area contributed by atoms with E-state index in [9.17, 15) is 0 Å². The van der Waals surface area contributed by atoms with Crippen LogP contribution in [0.4, 0.5) is 0 Å². The molecule has 118 valence electrons. The Kier molecular flexibility index (Phi) is 9.41. The van der Waals surface area contributed by atoms with Crippen molar-refractivity contribution in [3.63, 3.8) is 0 Å². The quantitative estimate of drug-likeness (QED) is 0.383. The summed E-state index contributed by atoms with van der Waals surface area (Å²) in [6.45, 7) is 4.54. The fourth-order valence-electron chi connectivity index (χ4n) is 1.74. The third-order valence-electron chi connectivity index (χ3n) is 2.66. The SMILES string of the molecule is CCSc1cccc(OCCCOCCOC)c1C(N)=S. The van der Waals surface area contributed by atoms with Crippen molar-refractivity contribution in [3.05, 3.63) is 23.8 Å². The molecular formula is C15H23NO3S2. The van der Waals surface area contributed by atoms with E-state index in [1.54, 1.807) is 18.9 Å². The topological polar surface area (TPSA) is 53.7 Å². The maximum atomic E-state index is 5.83. The first-order chi connectivity index (χ1) is 10.2. The zero-order chi connectivity index (χ0) is 15.5. The molecule has 1 rings (SSSR count). The molecule has 0 aliphatic heterocycles. The van der Waals surface area contributed by atoms with Crippen LogP contribution in [0, 0.1) is 0 Å². The standard InChI is InChI=1S/C15H23NO3S2/c1-3-21-13-7-4-6-12(14(13)15(16)20)19-9-5-8-18-11-10-17-2/h4,6-7H,3,5,8-11H2,1-2H3,(H2,16,20). The molecule has 0 saturated carbocycles. The molecule has 21 heavy (non-hydrogen) atoms. The van der Waals surface area contributed by atoms with Gasteiger partial charge in [-0.25, -0.2) is 0 Å². The predicted molar refractivity (Wildman–Crippen MR) is 91.5 cm³/mol. The summed E-state index contributed by atoms with van der Waals surface area (Å²) in [5.74, 6) is 1.71. The van der Waals surface area contributed by atoms with Crippen molar-refractivity contribution in [3.8, 4) is 5.75 Å². The molecular weight excluding hydrogens is 306 g/mol. The van der Waals surface area contributed by atoms with Crippen LogP contribution < -0.4 is 10.5 Å². The minimum Gasteiger partial charge on any atom is -0.493 e. The highest BCUT2D eigenvalue weighted by molar-refractivity contribution is 7.99. The molecule has 0 aromatic heterocycles. The molecule has 0 spiro atoms. The van der Waals surface area contributed by atoms with Gasteiger partial charge in [0.1, 0.15) is 10.7 Å². The number of thiocarbonyl (C=S) groups is 1. The lowest BCUT2D eigenvalue weighted by atomic mass is 10.2. The molecule has 0 saturated heterocycles. The van der Waals surface area contributed by atoms with Gasteiger partial charge in [0.05, 0.1) is 25.4 Å². The van der Waals surface area contributed by atoms with Crippen LogP contribution in [0.5, 0.6) is 5.75 Å². The van der Waals surface area contributed by atoms with Crippen LogP contribution in [0.25, 0.3) is 0 Å². The van der Waals surface area contributed by atoms with Crippen LogP contribution >= 0.6 is 24.0 Å². The van der Waals surface area contributed by atoms with Gasteiger partial charge in [0.15, 0.2) is 0 Å². The van der Waals surface area contributed by atoms with Gasteiger partial charge in [-0.15, -0.1) is 11.8 Å². The second-order valence-electron chi connectivity index (χ2n) is 4.23. The van der Waals surface area contributed by atoms with Gasteiger partial charge in [0.2, 0.25) is 0 Å². The van der Waals surface area contributed by atoms with E-state index in [1.807, 2.05) is 18.2 Å². The molecule has 0 unspecified atom stereocenters. The molecule has 6 heteroatoms. The molecule has 1 aromatic rings. The van der Waals surface area contributed by atoms with Gasteiger partial charge in [-0.3, -0.25) is 0 Å². The number of thioether (sulfide) groups is 1. The number of benzene rings is 1. The van der Waals surface area contributed by atoms with Crippen LogP contribution in [0.3, 0.4) is 0 Å². The zero-order valence-electron chi connectivity index (χ0n) is 12.6. The summed E-state index contributed by atoms with van der Waals surface area (Å²) in [5, 5.41) is 0. The largest absolute Gasteiger partial charge is 0.493 e.